The van der Waals surface area contributed by atoms with Crippen LogP contribution in [0.3, 0.4) is 0 Å². The summed E-state index contributed by atoms with van der Waals surface area (Å²) in [6, 6.07) is 8.21. The zero-order valence-corrected chi connectivity index (χ0v) is 95.1. The van der Waals surface area contributed by atoms with Crippen LogP contribution in [0, 0.1) is 0 Å². The SMILES string of the molecule is CC.CC.CC.CC.CC.CC.CC.CC.CC.CC.CC(C)(C)N1CCCC1.CC(C)(C)N1CCCC1=O.CC(C)(C)N1CCCCC1.CC(C)(C)N1CCCCC1=O.CC(C)(C)N1CCOC1=O.CC(C)(C)N1CCOCC1.CC(C)(C)N1CCOCC1=O.CC(C)(C)n1cnc2ccccc21.CN1CCN(C(C)(C)C)C(=O)C1.CN1CCN(C(C)(C)C)CC1. The molecule has 0 N–H and O–H groups in total. The number of carbonyl (C=O) groups is 5. The number of likely N-dealkylation sites (N-methyl/N-ethyl adjacent to an activating group) is 2. The smallest absolute Gasteiger partial charge is 0.410 e. The highest BCUT2D eigenvalue weighted by Gasteiger charge is 2.35. The molecular weight excluding hydrogens is 1580 g/mol. The van der Waals surface area contributed by atoms with Gasteiger partial charge in [-0.05, 0) is 305 Å². The highest BCUT2D eigenvalue weighted by Crippen LogP contribution is 2.27. The number of hydrogen-bond donors (Lipinski definition) is 0. The lowest BCUT2D eigenvalue weighted by atomic mass is 10.0. The van der Waals surface area contributed by atoms with Gasteiger partial charge in [-0.25, -0.2) is 9.78 Å². The summed E-state index contributed by atoms with van der Waals surface area (Å²) in [6.07, 6.45) is 13.5. The zero-order valence-electron chi connectivity index (χ0n) is 95.1. The van der Waals surface area contributed by atoms with Gasteiger partial charge in [-0.2, -0.15) is 0 Å². The van der Waals surface area contributed by atoms with Crippen LogP contribution in [0.15, 0.2) is 30.6 Å². The monoisotopic (exact) mass is 1810 g/mol. The number of piperidine rings is 2. The molecule has 21 nitrogen and oxygen atoms in total. The lowest BCUT2D eigenvalue weighted by molar-refractivity contribution is -0.148. The molecule has 127 heavy (non-hydrogen) atoms. The molecule has 21 heteroatoms. The van der Waals surface area contributed by atoms with E-state index in [-0.39, 0.29) is 57.7 Å². The molecule has 5 amide bonds. The number of amides is 5. The average Bonchev–Trinajstić information content (AvgIpc) is 1.66. The van der Waals surface area contributed by atoms with Crippen LogP contribution in [0.5, 0.6) is 0 Å². The largest absolute Gasteiger partial charge is 0.448 e. The maximum atomic E-state index is 11.5. The van der Waals surface area contributed by atoms with E-state index in [1.54, 1.807) is 4.90 Å². The fraction of sp³-hybridized carbons (Fsp3) is 0.887. The van der Waals surface area contributed by atoms with Gasteiger partial charge < -0.3 is 43.3 Å². The van der Waals surface area contributed by atoms with E-state index in [0.29, 0.717) is 53.7 Å². The number of carbonyl (C=O) groups excluding carboxylic acids is 5. The summed E-state index contributed by atoms with van der Waals surface area (Å²) in [6.45, 7) is 126. The molecular formula is C106H225N13O8. The van der Waals surface area contributed by atoms with Crippen molar-refractivity contribution in [2.45, 2.75) is 466 Å². The second-order valence-corrected chi connectivity index (χ2v) is 40.2. The molecule has 0 saturated carbocycles. The van der Waals surface area contributed by atoms with Gasteiger partial charge in [-0.3, -0.25) is 48.6 Å². The summed E-state index contributed by atoms with van der Waals surface area (Å²) in [5, 5.41) is 0. The van der Waals surface area contributed by atoms with Gasteiger partial charge in [-0.1, -0.05) is 157 Å². The van der Waals surface area contributed by atoms with E-state index < -0.39 is 0 Å². The van der Waals surface area contributed by atoms with Gasteiger partial charge in [0, 0.05) is 140 Å². The van der Waals surface area contributed by atoms with Gasteiger partial charge in [0.25, 0.3) is 0 Å². The second kappa shape index (κ2) is 74.9. The molecule has 762 valence electrons. The first kappa shape index (κ1) is 140. The standard InChI is InChI=1S/C11H14N2.C9H18N2O.C9H20N2.C9H17NO.C9H19N.C8H15NO2.C8H17NO.C8H15NO.C8H17N.C7H13NO2.10C2H6/c1-11(2,3)13-8-12-9-6-4-5-7-10(9)13;1-9(2,3)11-6-5-10(4)7-8(11)12;1-9(2,3)11-7-5-10(4)6-8-11;1-9(2,3)10-7-5-4-6-8(10)11;1-9(2,3)10-7-5-4-6-8-10;1-8(2,3)9-4-5-11-6-7(9)10;1-8(2,3)9-4-6-10-7-5-9;1-8(2,3)9-6-4-5-7(9)10;1-8(2,3)9-6-4-5-7-9;1-7(2,3)8-4-5-10-6(8)9;10*1-2/h4-8H,1-3H3;5-7H2,1-4H3;5-8H2,1-4H3;4-7H2,1-3H3;4-8H2,1-3H3;4-6H2,1-3H3;4-7H2,1-3H3;4-6H2,1-3H3;4-7H2,1-3H3;4-5H2,1-3H3;10*1-2H3. The Hall–Kier alpha value is -4.48. The Labute approximate surface area is 792 Å². The molecule has 9 saturated heterocycles. The summed E-state index contributed by atoms with van der Waals surface area (Å²) in [4.78, 5) is 84.6. The van der Waals surface area contributed by atoms with Gasteiger partial charge in [0.1, 0.15) is 13.2 Å². The molecule has 0 aliphatic carbocycles. The third kappa shape index (κ3) is 64.9. The number of likely N-dealkylation sites (tertiary alicyclic amines) is 4. The van der Waals surface area contributed by atoms with Crippen molar-refractivity contribution in [1.82, 2.24) is 63.5 Å². The minimum atomic E-state index is -0.187. The Balaban J connectivity index is -0.000000170. The van der Waals surface area contributed by atoms with E-state index in [1.165, 1.54) is 96.4 Å². The number of nitrogens with zero attached hydrogens (tertiary/aromatic N) is 13. The number of fused-ring (bicyclic) bond motifs is 1. The molecule has 0 atom stereocenters. The minimum Gasteiger partial charge on any atom is -0.448 e. The Kier molecular flexibility index (Phi) is 82.8. The van der Waals surface area contributed by atoms with Crippen molar-refractivity contribution in [3.63, 3.8) is 0 Å². The molecule has 2 aromatic rings. The Bertz CT molecular complexity index is 2780. The summed E-state index contributed by atoms with van der Waals surface area (Å²) < 4.78 is 17.2. The van der Waals surface area contributed by atoms with Gasteiger partial charge in [0.2, 0.25) is 23.6 Å². The van der Waals surface area contributed by atoms with Crippen molar-refractivity contribution < 1.29 is 38.2 Å². The Morgan fingerprint density at radius 1 is 0.268 bits per heavy atom. The van der Waals surface area contributed by atoms with Gasteiger partial charge in [0.05, 0.1) is 50.3 Å². The third-order valence-corrected chi connectivity index (χ3v) is 20.6. The first-order chi connectivity index (χ1) is 58.9. The fourth-order valence-corrected chi connectivity index (χ4v) is 13.8. The predicted molar refractivity (Wildman–Crippen MR) is 560 cm³/mol. The maximum Gasteiger partial charge on any atom is 0.410 e. The molecule has 9 aliphatic rings. The number of morpholine rings is 2. The van der Waals surface area contributed by atoms with Gasteiger partial charge in [-0.15, -0.1) is 0 Å². The van der Waals surface area contributed by atoms with Crippen LogP contribution < -0.4 is 0 Å². The number of rotatable bonds is 0. The normalized spacial score (nSPS) is 17.8. The number of imidazole rings is 1. The summed E-state index contributed by atoms with van der Waals surface area (Å²) >= 11 is 0. The lowest BCUT2D eigenvalue weighted by Crippen LogP contribution is -2.55. The number of hydrogen-bond acceptors (Lipinski definition) is 15. The van der Waals surface area contributed by atoms with Crippen molar-refractivity contribution in [2.75, 3.05) is 158 Å². The van der Waals surface area contributed by atoms with Crippen molar-refractivity contribution >= 4 is 40.8 Å². The van der Waals surface area contributed by atoms with Gasteiger partial charge >= 0.3 is 6.09 Å². The van der Waals surface area contributed by atoms with Crippen molar-refractivity contribution in [3.05, 3.63) is 30.6 Å². The first-order valence-corrected chi connectivity index (χ1v) is 51.0. The molecule has 11 rings (SSSR count). The highest BCUT2D eigenvalue weighted by atomic mass is 16.6. The summed E-state index contributed by atoms with van der Waals surface area (Å²) in [5.74, 6) is 0.983. The van der Waals surface area contributed by atoms with Crippen LogP contribution >= 0.6 is 0 Å². The summed E-state index contributed by atoms with van der Waals surface area (Å²) in [5.41, 5.74) is 3.78. The predicted octanol–water partition coefficient (Wildman–Crippen LogP) is 25.0. The minimum absolute atomic E-state index is 0.0155. The van der Waals surface area contributed by atoms with Crippen LogP contribution in [0.1, 0.15) is 410 Å². The zero-order chi connectivity index (χ0) is 102. The maximum absolute atomic E-state index is 11.5. The van der Waals surface area contributed by atoms with Crippen molar-refractivity contribution in [1.29, 1.82) is 0 Å². The number of aromatic nitrogens is 2. The molecule has 9 aliphatic heterocycles. The van der Waals surface area contributed by atoms with E-state index in [9.17, 15) is 24.0 Å². The number of cyclic esters (lactones) is 1. The number of benzene rings is 1. The van der Waals surface area contributed by atoms with E-state index in [2.05, 4.69) is 218 Å². The number of ether oxygens (including phenoxy) is 3. The summed E-state index contributed by atoms with van der Waals surface area (Å²) in [7, 11) is 4.18. The molecule has 9 fully saturated rings. The van der Waals surface area contributed by atoms with Crippen LogP contribution in [-0.4, -0.2) is 301 Å². The molecule has 1 aromatic heterocycles. The van der Waals surface area contributed by atoms with Crippen LogP contribution in [0.4, 0.5) is 4.79 Å². The lowest BCUT2D eigenvalue weighted by Gasteiger charge is -2.41. The Morgan fingerprint density at radius 3 is 0.866 bits per heavy atom. The van der Waals surface area contributed by atoms with Crippen molar-refractivity contribution in [3.8, 4) is 0 Å². The van der Waals surface area contributed by atoms with Crippen LogP contribution in [-0.2, 0) is 38.9 Å². The topological polar surface area (TPSA) is 167 Å². The molecule has 0 bridgehead atoms. The molecule has 0 unspecified atom stereocenters. The highest BCUT2D eigenvalue weighted by molar-refractivity contribution is 5.80. The van der Waals surface area contributed by atoms with E-state index in [0.717, 1.165) is 96.8 Å². The number of para-hydroxylation sites is 2. The second-order valence-electron chi connectivity index (χ2n) is 40.2. The quantitative estimate of drug-likeness (QED) is 0.244. The van der Waals surface area contributed by atoms with Crippen LogP contribution in [0.25, 0.3) is 11.0 Å². The van der Waals surface area contributed by atoms with Crippen molar-refractivity contribution in [2.24, 2.45) is 0 Å². The van der Waals surface area contributed by atoms with E-state index in [1.807, 2.05) is 231 Å². The van der Waals surface area contributed by atoms with E-state index >= 15 is 0 Å². The Morgan fingerprint density at radius 2 is 0.575 bits per heavy atom. The van der Waals surface area contributed by atoms with Gasteiger partial charge in [0.15, 0.2) is 0 Å². The molecule has 0 spiro atoms. The first-order valence-electron chi connectivity index (χ1n) is 51.0. The third-order valence-electron chi connectivity index (χ3n) is 20.6. The number of piperazine rings is 2. The molecule has 10 heterocycles. The average molecular weight is 1810 g/mol. The van der Waals surface area contributed by atoms with Crippen LogP contribution in [0.2, 0.25) is 0 Å². The molecule has 1 aromatic carbocycles. The fourth-order valence-electron chi connectivity index (χ4n) is 13.8. The molecule has 0 radical (unpaired) electrons. The van der Waals surface area contributed by atoms with E-state index in [4.69, 9.17) is 14.2 Å².